The minimum Gasteiger partial charge on any atom is -0.392 e. The van der Waals surface area contributed by atoms with E-state index in [1.165, 1.54) is 0 Å². The third kappa shape index (κ3) is 4.30. The molecule has 3 aromatic rings. The lowest BCUT2D eigenvalue weighted by molar-refractivity contribution is 0.281. The summed E-state index contributed by atoms with van der Waals surface area (Å²) in [5.41, 5.74) is 3.68. The van der Waals surface area contributed by atoms with Gasteiger partial charge in [0.05, 0.1) is 12.4 Å². The van der Waals surface area contributed by atoms with Gasteiger partial charge in [-0.2, -0.15) is 0 Å². The van der Waals surface area contributed by atoms with Gasteiger partial charge in [-0.3, -0.25) is 9.97 Å². The highest BCUT2D eigenvalue weighted by atomic mass is 32.2. The number of anilines is 1. The second-order valence-corrected chi connectivity index (χ2v) is 9.84. The van der Waals surface area contributed by atoms with Crippen LogP contribution in [0.2, 0.25) is 0 Å². The molecule has 1 saturated heterocycles. The first-order valence-corrected chi connectivity index (χ1v) is 11.8. The molecule has 7 nitrogen and oxygen atoms in total. The second-order valence-electron chi connectivity index (χ2n) is 7.58. The maximum atomic E-state index is 12.1. The fourth-order valence-electron chi connectivity index (χ4n) is 3.90. The molecule has 2 aromatic heterocycles. The summed E-state index contributed by atoms with van der Waals surface area (Å²) in [7, 11) is -3.13. The number of nitrogens with one attached hydrogen (secondary N) is 1. The number of nitrogens with zero attached hydrogens (tertiary/aromatic N) is 3. The molecule has 3 heterocycles. The summed E-state index contributed by atoms with van der Waals surface area (Å²) in [5.74, 6) is 0.143. The number of hydrogen-bond donors (Lipinski definition) is 2. The van der Waals surface area contributed by atoms with Crippen LogP contribution >= 0.6 is 0 Å². The Bertz CT molecular complexity index is 1140. The van der Waals surface area contributed by atoms with Crippen LogP contribution in [-0.4, -0.2) is 52.7 Å². The Labute approximate surface area is 176 Å². The van der Waals surface area contributed by atoms with Crippen LogP contribution in [0.1, 0.15) is 25.3 Å². The Kier molecular flexibility index (Phi) is 5.99. The van der Waals surface area contributed by atoms with E-state index in [2.05, 4.69) is 27.4 Å². The van der Waals surface area contributed by atoms with Gasteiger partial charge in [0.25, 0.3) is 0 Å². The van der Waals surface area contributed by atoms with E-state index in [-0.39, 0.29) is 18.4 Å². The van der Waals surface area contributed by atoms with Crippen molar-refractivity contribution in [2.75, 3.05) is 24.2 Å². The zero-order valence-electron chi connectivity index (χ0n) is 17.0. The third-order valence-corrected chi connectivity index (χ3v) is 7.52. The smallest absolute Gasteiger partial charge is 0.213 e. The van der Waals surface area contributed by atoms with E-state index in [9.17, 15) is 13.5 Å². The van der Waals surface area contributed by atoms with E-state index in [1.807, 2.05) is 18.3 Å². The van der Waals surface area contributed by atoms with Gasteiger partial charge in [0.2, 0.25) is 10.0 Å². The standard InChI is InChI=1S/C22H26N4O3S/c1-2-30(28,29)26-7-4-20(5-8-26)25-22-11-18(10-17-3-6-23-14-21(17)22)19-9-16(15-27)12-24-13-19/h3,6,9-14,20,25,27H,2,4-5,7-8,15H2,1H3. The van der Waals surface area contributed by atoms with Gasteiger partial charge < -0.3 is 10.4 Å². The first kappa shape index (κ1) is 20.7. The lowest BCUT2D eigenvalue weighted by Gasteiger charge is -2.32. The van der Waals surface area contributed by atoms with Gasteiger partial charge in [-0.15, -0.1) is 0 Å². The van der Waals surface area contributed by atoms with Gasteiger partial charge in [-0.25, -0.2) is 12.7 Å². The van der Waals surface area contributed by atoms with Gasteiger partial charge >= 0.3 is 0 Å². The highest BCUT2D eigenvalue weighted by Gasteiger charge is 2.26. The third-order valence-electron chi connectivity index (χ3n) is 5.64. The second kappa shape index (κ2) is 8.67. The molecule has 158 valence electrons. The highest BCUT2D eigenvalue weighted by molar-refractivity contribution is 7.89. The molecule has 0 spiro atoms. The molecule has 1 fully saturated rings. The van der Waals surface area contributed by atoms with Crippen LogP contribution in [0.5, 0.6) is 0 Å². The van der Waals surface area contributed by atoms with E-state index in [4.69, 9.17) is 0 Å². The van der Waals surface area contributed by atoms with E-state index in [0.717, 1.165) is 46.0 Å². The van der Waals surface area contributed by atoms with Gasteiger partial charge in [-0.1, -0.05) is 0 Å². The van der Waals surface area contributed by atoms with E-state index >= 15 is 0 Å². The van der Waals surface area contributed by atoms with E-state index in [1.54, 1.807) is 29.8 Å². The molecule has 2 N–H and O–H groups in total. The Morgan fingerprint density at radius 1 is 1.10 bits per heavy atom. The largest absolute Gasteiger partial charge is 0.392 e. The van der Waals surface area contributed by atoms with Crippen molar-refractivity contribution in [3.63, 3.8) is 0 Å². The Morgan fingerprint density at radius 2 is 1.90 bits per heavy atom. The summed E-state index contributed by atoms with van der Waals surface area (Å²) in [4.78, 5) is 8.52. The number of sulfonamides is 1. The summed E-state index contributed by atoms with van der Waals surface area (Å²) < 4.78 is 25.8. The van der Waals surface area contributed by atoms with Crippen LogP contribution in [-0.2, 0) is 16.6 Å². The van der Waals surface area contributed by atoms with Gasteiger partial charge in [0.15, 0.2) is 0 Å². The zero-order chi connectivity index (χ0) is 21.1. The normalized spacial score (nSPS) is 16.1. The molecule has 1 aliphatic heterocycles. The molecule has 1 aliphatic rings. The monoisotopic (exact) mass is 426 g/mol. The Morgan fingerprint density at radius 3 is 2.63 bits per heavy atom. The van der Waals surface area contributed by atoms with Crippen LogP contribution in [0.15, 0.2) is 49.1 Å². The van der Waals surface area contributed by atoms with E-state index < -0.39 is 10.0 Å². The molecule has 8 heteroatoms. The quantitative estimate of drug-likeness (QED) is 0.629. The van der Waals surface area contributed by atoms with Crippen molar-refractivity contribution in [3.05, 3.63) is 54.6 Å². The number of aliphatic hydroxyl groups is 1. The average molecular weight is 427 g/mol. The van der Waals surface area contributed by atoms with Crippen molar-refractivity contribution in [2.45, 2.75) is 32.4 Å². The SMILES string of the molecule is CCS(=O)(=O)N1CCC(Nc2cc(-c3cncc(CO)c3)cc3ccncc23)CC1. The Hall–Kier alpha value is -2.55. The van der Waals surface area contributed by atoms with Crippen molar-refractivity contribution in [1.82, 2.24) is 14.3 Å². The van der Waals surface area contributed by atoms with Crippen LogP contribution < -0.4 is 5.32 Å². The number of aliphatic hydroxyl groups excluding tert-OH is 1. The number of benzene rings is 1. The van der Waals surface area contributed by atoms with Crippen molar-refractivity contribution in [3.8, 4) is 11.1 Å². The summed E-state index contributed by atoms with van der Waals surface area (Å²) in [6.07, 6.45) is 8.58. The molecule has 4 rings (SSSR count). The summed E-state index contributed by atoms with van der Waals surface area (Å²) in [6, 6.07) is 8.28. The fourth-order valence-corrected chi connectivity index (χ4v) is 5.03. The van der Waals surface area contributed by atoms with Crippen molar-refractivity contribution < 1.29 is 13.5 Å². The number of pyridine rings is 2. The maximum Gasteiger partial charge on any atom is 0.213 e. The molecule has 1 aromatic carbocycles. The summed E-state index contributed by atoms with van der Waals surface area (Å²) >= 11 is 0. The molecule has 0 atom stereocenters. The predicted octanol–water partition coefficient (Wildman–Crippen LogP) is 3.02. The molecule has 0 bridgehead atoms. The van der Waals surface area contributed by atoms with Crippen LogP contribution in [0.3, 0.4) is 0 Å². The van der Waals surface area contributed by atoms with Gasteiger partial charge in [-0.05, 0) is 60.5 Å². The molecule has 0 aliphatic carbocycles. The van der Waals surface area contributed by atoms with Crippen molar-refractivity contribution >= 4 is 26.5 Å². The van der Waals surface area contributed by atoms with Crippen LogP contribution in [0, 0.1) is 0 Å². The number of hydrogen-bond acceptors (Lipinski definition) is 6. The number of fused-ring (bicyclic) bond motifs is 1. The minimum absolute atomic E-state index is 0.0529. The first-order chi connectivity index (χ1) is 14.5. The summed E-state index contributed by atoms with van der Waals surface area (Å²) in [6.45, 7) is 2.70. The fraction of sp³-hybridized carbons (Fsp3) is 0.364. The minimum atomic E-state index is -3.13. The molecular weight excluding hydrogens is 400 g/mol. The molecular formula is C22H26N4O3S. The topological polar surface area (TPSA) is 95.4 Å². The molecule has 30 heavy (non-hydrogen) atoms. The molecule has 0 amide bonds. The van der Waals surface area contributed by atoms with Crippen molar-refractivity contribution in [1.29, 1.82) is 0 Å². The molecule has 0 unspecified atom stereocenters. The lowest BCUT2D eigenvalue weighted by Crippen LogP contribution is -2.42. The predicted molar refractivity (Wildman–Crippen MR) is 119 cm³/mol. The van der Waals surface area contributed by atoms with Crippen LogP contribution in [0.4, 0.5) is 5.69 Å². The number of rotatable bonds is 6. The highest BCUT2D eigenvalue weighted by Crippen LogP contribution is 2.32. The van der Waals surface area contributed by atoms with Crippen molar-refractivity contribution in [2.24, 2.45) is 0 Å². The first-order valence-electron chi connectivity index (χ1n) is 10.2. The zero-order valence-corrected chi connectivity index (χ0v) is 17.8. The number of aromatic nitrogens is 2. The van der Waals surface area contributed by atoms with E-state index in [0.29, 0.717) is 13.1 Å². The number of piperidine rings is 1. The maximum absolute atomic E-state index is 12.1. The van der Waals surface area contributed by atoms with Gasteiger partial charge in [0, 0.05) is 60.6 Å². The summed E-state index contributed by atoms with van der Waals surface area (Å²) in [5, 5.41) is 15.1. The van der Waals surface area contributed by atoms with Crippen LogP contribution in [0.25, 0.3) is 21.9 Å². The molecule has 0 saturated carbocycles. The molecule has 0 radical (unpaired) electrons. The Balaban J connectivity index is 1.62. The van der Waals surface area contributed by atoms with Gasteiger partial charge in [0.1, 0.15) is 0 Å². The average Bonchev–Trinajstić information content (AvgIpc) is 2.79. The lowest BCUT2D eigenvalue weighted by atomic mass is 9.99.